The zero-order valence-electron chi connectivity index (χ0n) is 15.5. The summed E-state index contributed by atoms with van der Waals surface area (Å²) in [6, 6.07) is 8.18. The van der Waals surface area contributed by atoms with Crippen molar-refractivity contribution in [2.24, 2.45) is 0 Å². The monoisotopic (exact) mass is 419 g/mol. The molecule has 1 aromatic carbocycles. The van der Waals surface area contributed by atoms with Gasteiger partial charge in [-0.15, -0.1) is 0 Å². The van der Waals surface area contributed by atoms with Crippen LogP contribution in [0.1, 0.15) is 16.8 Å². The molecule has 3 heterocycles. The number of H-pyrrole nitrogens is 1. The molecule has 5 nitrogen and oxygen atoms in total. The van der Waals surface area contributed by atoms with E-state index < -0.39 is 9.84 Å². The Hall–Kier alpha value is -2.38. The highest BCUT2D eigenvalue weighted by Crippen LogP contribution is 2.34. The van der Waals surface area contributed by atoms with E-state index in [-0.39, 0.29) is 10.8 Å². The zero-order valence-corrected chi connectivity index (χ0v) is 17.0. The van der Waals surface area contributed by atoms with Gasteiger partial charge in [-0.1, -0.05) is 17.7 Å². The number of benzene rings is 1. The number of fused-ring (bicyclic) bond motifs is 1. The number of hydrogen-bond donors (Lipinski definition) is 1. The molecule has 1 aliphatic rings. The third-order valence-corrected chi connectivity index (χ3v) is 6.29. The maximum Gasteiger partial charge on any atom is 0.192 e. The van der Waals surface area contributed by atoms with Crippen LogP contribution in [0.4, 0.5) is 10.1 Å². The molecule has 0 amide bonds. The normalized spacial score (nSPS) is 14.2. The van der Waals surface area contributed by atoms with Crippen LogP contribution < -0.4 is 4.90 Å². The van der Waals surface area contributed by atoms with Crippen LogP contribution in [0.15, 0.2) is 41.6 Å². The number of aromatic amines is 1. The number of aryl methyl sites for hydroxylation is 1. The molecule has 1 aliphatic heterocycles. The van der Waals surface area contributed by atoms with Crippen LogP contribution in [0.25, 0.3) is 11.3 Å². The Bertz CT molecular complexity index is 1150. The molecule has 0 atom stereocenters. The van der Waals surface area contributed by atoms with Crippen molar-refractivity contribution in [3.63, 3.8) is 0 Å². The summed E-state index contributed by atoms with van der Waals surface area (Å²) in [7, 11) is -3.34. The molecule has 146 valence electrons. The summed E-state index contributed by atoms with van der Waals surface area (Å²) in [6.45, 7) is 3.25. The Balaban J connectivity index is 1.65. The molecular weight excluding hydrogens is 401 g/mol. The van der Waals surface area contributed by atoms with E-state index in [9.17, 15) is 12.8 Å². The Kier molecular flexibility index (Phi) is 4.67. The maximum atomic E-state index is 14.3. The van der Waals surface area contributed by atoms with Crippen LogP contribution in [-0.4, -0.2) is 31.2 Å². The predicted molar refractivity (Wildman–Crippen MR) is 108 cm³/mol. The van der Waals surface area contributed by atoms with Gasteiger partial charge >= 0.3 is 0 Å². The molecule has 4 rings (SSSR count). The fourth-order valence-corrected chi connectivity index (χ4v) is 4.49. The first-order chi connectivity index (χ1) is 13.2. The predicted octanol–water partition coefficient (Wildman–Crippen LogP) is 4.14. The van der Waals surface area contributed by atoms with Crippen molar-refractivity contribution >= 4 is 27.1 Å². The number of nitrogens with one attached hydrogen (secondary N) is 1. The quantitative estimate of drug-likeness (QED) is 0.692. The lowest BCUT2D eigenvalue weighted by Crippen LogP contribution is -2.30. The van der Waals surface area contributed by atoms with Gasteiger partial charge in [-0.05, 0) is 42.3 Å². The maximum absolute atomic E-state index is 14.3. The number of rotatable bonds is 3. The Morgan fingerprint density at radius 1 is 1.29 bits per heavy atom. The number of aromatic nitrogens is 2. The van der Waals surface area contributed by atoms with Gasteiger partial charge < -0.3 is 9.88 Å². The van der Waals surface area contributed by atoms with Gasteiger partial charge in [0.1, 0.15) is 5.82 Å². The molecule has 2 aromatic heterocycles. The summed E-state index contributed by atoms with van der Waals surface area (Å²) in [4.78, 5) is 9.56. The molecule has 28 heavy (non-hydrogen) atoms. The van der Waals surface area contributed by atoms with Crippen molar-refractivity contribution in [3.8, 4) is 11.3 Å². The lowest BCUT2D eigenvalue weighted by atomic mass is 10.1. The lowest BCUT2D eigenvalue weighted by Gasteiger charge is -2.30. The molecule has 3 aromatic rings. The number of nitrogens with zero attached hydrogens (tertiary/aromatic N) is 2. The zero-order chi connectivity index (χ0) is 20.1. The van der Waals surface area contributed by atoms with Crippen molar-refractivity contribution in [2.45, 2.75) is 24.9 Å². The molecule has 1 N–H and O–H groups in total. The van der Waals surface area contributed by atoms with E-state index in [1.54, 1.807) is 24.4 Å². The second-order valence-corrected chi connectivity index (χ2v) is 9.41. The minimum absolute atomic E-state index is 0.0737. The summed E-state index contributed by atoms with van der Waals surface area (Å²) in [5.41, 5.74) is 4.91. The van der Waals surface area contributed by atoms with Gasteiger partial charge in [0.15, 0.2) is 14.9 Å². The van der Waals surface area contributed by atoms with Crippen molar-refractivity contribution in [1.29, 1.82) is 0 Å². The van der Waals surface area contributed by atoms with Gasteiger partial charge in [-0.3, -0.25) is 0 Å². The standard InChI is InChI=1S/C20H19ClFN3O2S/c1-12-8-19(28(2,26)27)23-10-18(12)25-7-6-16-13(11-25)9-17(24-16)20-14(21)4-3-5-15(20)22/h3-5,8-10,24H,6-7,11H2,1-2H3. The van der Waals surface area contributed by atoms with Crippen LogP contribution in [0.3, 0.4) is 0 Å². The second-order valence-electron chi connectivity index (χ2n) is 7.04. The summed E-state index contributed by atoms with van der Waals surface area (Å²) in [6.07, 6.45) is 3.52. The first-order valence-corrected chi connectivity index (χ1v) is 11.1. The van der Waals surface area contributed by atoms with Gasteiger partial charge in [0.25, 0.3) is 0 Å². The molecular formula is C20H19ClFN3O2S. The number of pyridine rings is 1. The van der Waals surface area contributed by atoms with Crippen molar-refractivity contribution < 1.29 is 12.8 Å². The number of hydrogen-bond acceptors (Lipinski definition) is 4. The topological polar surface area (TPSA) is 66.1 Å². The summed E-state index contributed by atoms with van der Waals surface area (Å²) >= 11 is 6.20. The third kappa shape index (κ3) is 3.40. The molecule has 0 saturated heterocycles. The second kappa shape index (κ2) is 6.90. The van der Waals surface area contributed by atoms with E-state index in [0.717, 1.165) is 41.7 Å². The molecule has 0 spiro atoms. The molecule has 0 unspecified atom stereocenters. The minimum Gasteiger partial charge on any atom is -0.365 e. The van der Waals surface area contributed by atoms with Crippen molar-refractivity contribution in [2.75, 3.05) is 17.7 Å². The smallest absolute Gasteiger partial charge is 0.192 e. The minimum atomic E-state index is -3.34. The van der Waals surface area contributed by atoms with Crippen molar-refractivity contribution in [1.82, 2.24) is 9.97 Å². The van der Waals surface area contributed by atoms with Crippen LogP contribution in [0.5, 0.6) is 0 Å². The molecule has 0 radical (unpaired) electrons. The van der Waals surface area contributed by atoms with Crippen molar-refractivity contribution in [3.05, 3.63) is 64.2 Å². The average Bonchev–Trinajstić information content (AvgIpc) is 3.03. The molecule has 8 heteroatoms. The van der Waals surface area contributed by atoms with Gasteiger partial charge in [-0.2, -0.15) is 0 Å². The van der Waals surface area contributed by atoms with E-state index >= 15 is 0 Å². The van der Waals surface area contributed by atoms with E-state index in [0.29, 0.717) is 22.8 Å². The summed E-state index contributed by atoms with van der Waals surface area (Å²) < 4.78 is 37.7. The van der Waals surface area contributed by atoms with E-state index in [2.05, 4.69) is 14.9 Å². The highest BCUT2D eigenvalue weighted by atomic mass is 35.5. The van der Waals surface area contributed by atoms with Crippen LogP contribution in [-0.2, 0) is 22.8 Å². The Morgan fingerprint density at radius 3 is 2.75 bits per heavy atom. The van der Waals surface area contributed by atoms with E-state index in [4.69, 9.17) is 11.6 Å². The summed E-state index contributed by atoms with van der Waals surface area (Å²) in [5.74, 6) is -0.362. The largest absolute Gasteiger partial charge is 0.365 e. The molecule has 0 bridgehead atoms. The van der Waals surface area contributed by atoms with Gasteiger partial charge in [0, 0.05) is 31.5 Å². The fourth-order valence-electron chi connectivity index (χ4n) is 3.59. The van der Waals surface area contributed by atoms with Gasteiger partial charge in [0.05, 0.1) is 28.2 Å². The first-order valence-electron chi connectivity index (χ1n) is 8.81. The number of anilines is 1. The van der Waals surface area contributed by atoms with Crippen LogP contribution in [0, 0.1) is 12.7 Å². The Labute approximate surface area is 168 Å². The van der Waals surface area contributed by atoms with E-state index in [1.807, 2.05) is 13.0 Å². The van der Waals surface area contributed by atoms with Crippen LogP contribution in [0.2, 0.25) is 5.02 Å². The molecule has 0 saturated carbocycles. The number of sulfone groups is 1. The van der Waals surface area contributed by atoms with E-state index in [1.165, 1.54) is 6.07 Å². The SMILES string of the molecule is Cc1cc(S(C)(=O)=O)ncc1N1CCc2[nH]c(-c3c(F)cccc3Cl)cc2C1. The molecule has 0 fully saturated rings. The van der Waals surface area contributed by atoms with Crippen LogP contribution >= 0.6 is 11.6 Å². The Morgan fingerprint density at radius 2 is 2.07 bits per heavy atom. The first kappa shape index (κ1) is 19.0. The number of halogens is 2. The third-order valence-electron chi connectivity index (χ3n) is 5.00. The fraction of sp³-hybridized carbons (Fsp3) is 0.250. The molecule has 0 aliphatic carbocycles. The highest BCUT2D eigenvalue weighted by molar-refractivity contribution is 7.90. The highest BCUT2D eigenvalue weighted by Gasteiger charge is 2.23. The van der Waals surface area contributed by atoms with Gasteiger partial charge in [0.2, 0.25) is 0 Å². The lowest BCUT2D eigenvalue weighted by molar-refractivity contribution is 0.598. The summed E-state index contributed by atoms with van der Waals surface area (Å²) in [5, 5.41) is 0.441. The average molecular weight is 420 g/mol. The van der Waals surface area contributed by atoms with Gasteiger partial charge in [-0.25, -0.2) is 17.8 Å².